The van der Waals surface area contributed by atoms with E-state index in [4.69, 9.17) is 19.4 Å². The second kappa shape index (κ2) is 11.5. The molecule has 1 aromatic rings. The van der Waals surface area contributed by atoms with Crippen LogP contribution in [-0.2, 0) is 25.5 Å². The van der Waals surface area contributed by atoms with Crippen molar-refractivity contribution in [3.8, 4) is 0 Å². The van der Waals surface area contributed by atoms with E-state index < -0.39 is 12.1 Å². The predicted molar refractivity (Wildman–Crippen MR) is 118 cm³/mol. The number of likely N-dealkylation sites (tertiary alicyclic amines) is 1. The minimum atomic E-state index is -5.08. The van der Waals surface area contributed by atoms with Crippen molar-refractivity contribution in [2.75, 3.05) is 52.5 Å². The quantitative estimate of drug-likeness (QED) is 0.690. The number of carboxylic acid groups (broad SMARTS) is 1. The average molecular weight is 487 g/mol. The molecule has 0 aromatic heterocycles. The first-order valence-corrected chi connectivity index (χ1v) is 11.6. The molecule has 3 aliphatic heterocycles. The Morgan fingerprint density at radius 1 is 1.18 bits per heavy atom. The molecule has 1 atom stereocenters. The van der Waals surface area contributed by atoms with E-state index in [2.05, 4.69) is 30.0 Å². The van der Waals surface area contributed by atoms with Gasteiger partial charge in [0.1, 0.15) is 5.60 Å². The standard InChI is InChI=1S/C22H32N2O3.C2HF3O2/c1-18-4-2-3-5-20(18)6-7-21(25)24-16-22(17-24)9-8-19(15-27-22)14-23-10-12-26-13-11-23;3-2(4,5)1(6)7/h2-5,19H,6-17H2,1H3;(H,6,7). The van der Waals surface area contributed by atoms with E-state index in [-0.39, 0.29) is 11.5 Å². The van der Waals surface area contributed by atoms with Crippen molar-refractivity contribution in [3.05, 3.63) is 35.4 Å². The Bertz CT molecular complexity index is 826. The Hall–Kier alpha value is -2.17. The Balaban J connectivity index is 0.000000406. The summed E-state index contributed by atoms with van der Waals surface area (Å²) in [5.41, 5.74) is 2.49. The molecule has 0 bridgehead atoms. The number of aryl methyl sites for hydroxylation is 2. The van der Waals surface area contributed by atoms with Gasteiger partial charge in [-0.05, 0) is 43.2 Å². The lowest BCUT2D eigenvalue weighted by Gasteiger charge is -2.53. The van der Waals surface area contributed by atoms with Gasteiger partial charge in [0.05, 0.1) is 32.9 Å². The van der Waals surface area contributed by atoms with E-state index in [0.717, 1.165) is 65.4 Å². The highest BCUT2D eigenvalue weighted by molar-refractivity contribution is 5.77. The van der Waals surface area contributed by atoms with Crippen LogP contribution in [0.4, 0.5) is 13.2 Å². The van der Waals surface area contributed by atoms with Crippen molar-refractivity contribution >= 4 is 11.9 Å². The van der Waals surface area contributed by atoms with Crippen molar-refractivity contribution in [2.24, 2.45) is 5.92 Å². The van der Waals surface area contributed by atoms with Crippen LogP contribution in [0.1, 0.15) is 30.4 Å². The number of halogens is 3. The zero-order valence-electron chi connectivity index (χ0n) is 19.5. The Morgan fingerprint density at radius 2 is 1.82 bits per heavy atom. The lowest BCUT2D eigenvalue weighted by molar-refractivity contribution is -0.192. The van der Waals surface area contributed by atoms with Crippen LogP contribution >= 0.6 is 0 Å². The molecule has 0 aliphatic carbocycles. The summed E-state index contributed by atoms with van der Waals surface area (Å²) in [5, 5.41) is 7.12. The zero-order valence-corrected chi connectivity index (χ0v) is 19.5. The molecule has 1 N–H and O–H groups in total. The molecule has 0 saturated carbocycles. The number of hydrogen-bond donors (Lipinski definition) is 1. The lowest BCUT2D eigenvalue weighted by Crippen LogP contribution is -2.66. The number of ether oxygens (including phenoxy) is 2. The molecule has 3 aliphatic rings. The SMILES string of the molecule is Cc1ccccc1CCC(=O)N1CC2(CCC(CN3CCOCC3)CO2)C1.O=C(O)C(F)(F)F. The fourth-order valence-corrected chi connectivity index (χ4v) is 4.58. The van der Waals surface area contributed by atoms with Gasteiger partial charge in [-0.1, -0.05) is 24.3 Å². The summed E-state index contributed by atoms with van der Waals surface area (Å²) in [7, 11) is 0. The number of benzene rings is 1. The maximum atomic E-state index is 12.5. The molecule has 10 heteroatoms. The monoisotopic (exact) mass is 486 g/mol. The molecular formula is C24H33F3N2O5. The van der Waals surface area contributed by atoms with Crippen LogP contribution in [0.15, 0.2) is 24.3 Å². The lowest BCUT2D eigenvalue weighted by atomic mass is 9.82. The van der Waals surface area contributed by atoms with E-state index in [1.54, 1.807) is 0 Å². The number of hydrogen-bond acceptors (Lipinski definition) is 5. The Kier molecular flexibility index (Phi) is 8.95. The number of carbonyl (C=O) groups is 2. The third-order valence-electron chi connectivity index (χ3n) is 6.68. The summed E-state index contributed by atoms with van der Waals surface area (Å²) < 4.78 is 43.4. The summed E-state index contributed by atoms with van der Waals surface area (Å²) in [5.74, 6) is -1.87. The zero-order chi connectivity index (χ0) is 24.8. The molecule has 1 spiro atoms. The van der Waals surface area contributed by atoms with Crippen LogP contribution < -0.4 is 0 Å². The summed E-state index contributed by atoms with van der Waals surface area (Å²) in [6.45, 7) is 9.44. The van der Waals surface area contributed by atoms with E-state index in [0.29, 0.717) is 12.3 Å². The summed E-state index contributed by atoms with van der Waals surface area (Å²) in [4.78, 5) is 25.9. The van der Waals surface area contributed by atoms with Crippen LogP contribution in [0.2, 0.25) is 0 Å². The molecule has 4 rings (SSSR count). The molecule has 1 amide bonds. The van der Waals surface area contributed by atoms with E-state index in [1.807, 2.05) is 11.0 Å². The Labute approximate surface area is 197 Å². The molecule has 3 heterocycles. The van der Waals surface area contributed by atoms with Gasteiger partial charge in [-0.15, -0.1) is 0 Å². The molecule has 1 aromatic carbocycles. The number of rotatable bonds is 5. The second-order valence-electron chi connectivity index (χ2n) is 9.29. The predicted octanol–water partition coefficient (Wildman–Crippen LogP) is 2.90. The number of carboxylic acids is 1. The average Bonchev–Trinajstić information content (AvgIpc) is 2.78. The third-order valence-corrected chi connectivity index (χ3v) is 6.68. The molecule has 34 heavy (non-hydrogen) atoms. The number of aliphatic carboxylic acids is 1. The molecule has 0 radical (unpaired) electrons. The van der Waals surface area contributed by atoms with E-state index in [9.17, 15) is 18.0 Å². The van der Waals surface area contributed by atoms with Gasteiger partial charge in [-0.3, -0.25) is 9.69 Å². The first kappa shape index (κ1) is 26.4. The number of amides is 1. The highest BCUT2D eigenvalue weighted by Crippen LogP contribution is 2.36. The molecule has 7 nitrogen and oxygen atoms in total. The number of nitrogens with zero attached hydrogens (tertiary/aromatic N) is 2. The van der Waals surface area contributed by atoms with Crippen LogP contribution in [0.25, 0.3) is 0 Å². The minimum Gasteiger partial charge on any atom is -0.475 e. The van der Waals surface area contributed by atoms with Gasteiger partial charge >= 0.3 is 12.1 Å². The van der Waals surface area contributed by atoms with Crippen molar-refractivity contribution in [3.63, 3.8) is 0 Å². The van der Waals surface area contributed by atoms with Gasteiger partial charge in [0, 0.05) is 26.1 Å². The second-order valence-corrected chi connectivity index (χ2v) is 9.29. The molecule has 3 fully saturated rings. The van der Waals surface area contributed by atoms with Gasteiger partial charge in [-0.2, -0.15) is 13.2 Å². The van der Waals surface area contributed by atoms with Gasteiger partial charge in [-0.25, -0.2) is 4.79 Å². The summed E-state index contributed by atoms with van der Waals surface area (Å²) in [6, 6.07) is 8.34. The van der Waals surface area contributed by atoms with E-state index in [1.165, 1.54) is 17.5 Å². The van der Waals surface area contributed by atoms with E-state index >= 15 is 0 Å². The fourth-order valence-electron chi connectivity index (χ4n) is 4.58. The van der Waals surface area contributed by atoms with Gasteiger partial charge in [0.25, 0.3) is 0 Å². The number of morpholine rings is 1. The van der Waals surface area contributed by atoms with Crippen LogP contribution in [0, 0.1) is 12.8 Å². The van der Waals surface area contributed by atoms with Gasteiger partial charge < -0.3 is 19.5 Å². The normalized spacial score (nSPS) is 22.5. The van der Waals surface area contributed by atoms with Crippen molar-refractivity contribution < 1.29 is 37.3 Å². The smallest absolute Gasteiger partial charge is 0.475 e. The van der Waals surface area contributed by atoms with Crippen molar-refractivity contribution in [1.82, 2.24) is 9.80 Å². The number of alkyl halides is 3. The minimum absolute atomic E-state index is 0.0557. The van der Waals surface area contributed by atoms with Gasteiger partial charge in [0.2, 0.25) is 5.91 Å². The highest BCUT2D eigenvalue weighted by atomic mass is 19.4. The van der Waals surface area contributed by atoms with Crippen molar-refractivity contribution in [2.45, 2.75) is 44.4 Å². The van der Waals surface area contributed by atoms with Crippen LogP contribution in [0.5, 0.6) is 0 Å². The van der Waals surface area contributed by atoms with Gasteiger partial charge in [0.15, 0.2) is 0 Å². The Morgan fingerprint density at radius 3 is 2.38 bits per heavy atom. The number of carbonyl (C=O) groups excluding carboxylic acids is 1. The molecule has 190 valence electrons. The summed E-state index contributed by atoms with van der Waals surface area (Å²) >= 11 is 0. The van der Waals surface area contributed by atoms with Crippen LogP contribution in [-0.4, -0.2) is 91.1 Å². The maximum Gasteiger partial charge on any atom is 0.490 e. The fraction of sp³-hybridized carbons (Fsp3) is 0.667. The molecular weight excluding hydrogens is 453 g/mol. The highest BCUT2D eigenvalue weighted by Gasteiger charge is 2.48. The summed E-state index contributed by atoms with van der Waals surface area (Å²) in [6.07, 6.45) is -1.36. The molecule has 3 saturated heterocycles. The van der Waals surface area contributed by atoms with Crippen molar-refractivity contribution in [1.29, 1.82) is 0 Å². The largest absolute Gasteiger partial charge is 0.490 e. The molecule has 1 unspecified atom stereocenters. The van der Waals surface area contributed by atoms with Crippen LogP contribution in [0.3, 0.4) is 0 Å². The third kappa shape index (κ3) is 7.41. The maximum absolute atomic E-state index is 12.5. The first-order chi connectivity index (χ1) is 16.1. The topological polar surface area (TPSA) is 79.3 Å². The first-order valence-electron chi connectivity index (χ1n) is 11.6.